The summed E-state index contributed by atoms with van der Waals surface area (Å²) in [7, 11) is -3.63. The van der Waals surface area contributed by atoms with Crippen LogP contribution in [0.2, 0.25) is 0 Å². The number of hydrogen-bond acceptors (Lipinski definition) is 2. The fourth-order valence-electron chi connectivity index (χ4n) is 2.71. The van der Waals surface area contributed by atoms with Crippen LogP contribution in [0.3, 0.4) is 0 Å². The summed E-state index contributed by atoms with van der Waals surface area (Å²) in [6, 6.07) is 4.13. The summed E-state index contributed by atoms with van der Waals surface area (Å²) in [6.07, 6.45) is 1.56. The second-order valence-electron chi connectivity index (χ2n) is 9.79. The van der Waals surface area contributed by atoms with E-state index >= 15 is 0 Å². The van der Waals surface area contributed by atoms with Crippen molar-refractivity contribution in [1.29, 1.82) is 0 Å². The lowest BCUT2D eigenvalue weighted by Gasteiger charge is -2.33. The van der Waals surface area contributed by atoms with Gasteiger partial charge in [0.1, 0.15) is 0 Å². The molecule has 0 heterocycles. The van der Waals surface area contributed by atoms with Gasteiger partial charge < -0.3 is 0 Å². The maximum Gasteiger partial charge on any atom is 0.241 e. The van der Waals surface area contributed by atoms with Gasteiger partial charge in [-0.25, -0.2) is 13.1 Å². The van der Waals surface area contributed by atoms with Crippen molar-refractivity contribution in [2.45, 2.75) is 83.5 Å². The molecule has 1 aromatic carbocycles. The smallest absolute Gasteiger partial charge is 0.207 e. The molecule has 0 amide bonds. The van der Waals surface area contributed by atoms with Crippen molar-refractivity contribution in [3.05, 3.63) is 41.5 Å². The molecule has 0 aliphatic heterocycles. The highest BCUT2D eigenvalue weighted by Crippen LogP contribution is 2.40. The Morgan fingerprint density at radius 3 is 1.56 bits per heavy atom. The molecule has 0 aliphatic carbocycles. The van der Waals surface area contributed by atoms with Crippen molar-refractivity contribution in [3.8, 4) is 0 Å². The van der Waals surface area contributed by atoms with E-state index in [-0.39, 0.29) is 22.8 Å². The highest BCUT2D eigenvalue weighted by molar-refractivity contribution is 7.89. The van der Waals surface area contributed by atoms with Gasteiger partial charge >= 0.3 is 0 Å². The summed E-state index contributed by atoms with van der Waals surface area (Å²) >= 11 is 0. The first-order valence-electron chi connectivity index (χ1n) is 8.82. The van der Waals surface area contributed by atoms with Crippen LogP contribution in [-0.2, 0) is 26.3 Å². The molecule has 0 saturated carbocycles. The second kappa shape index (κ2) is 6.88. The van der Waals surface area contributed by atoms with Crippen LogP contribution < -0.4 is 4.72 Å². The Labute approximate surface area is 155 Å². The van der Waals surface area contributed by atoms with E-state index in [9.17, 15) is 8.42 Å². The minimum absolute atomic E-state index is 0.0587. The van der Waals surface area contributed by atoms with Gasteiger partial charge in [-0.1, -0.05) is 80.5 Å². The molecule has 0 fully saturated rings. The van der Waals surface area contributed by atoms with Crippen molar-refractivity contribution in [1.82, 2.24) is 4.72 Å². The standard InChI is InChI=1S/C21H35NO2S/c1-11-12-22-25(23,24)18-16(20(5,6)7)13-15(19(2,3)4)14-17(18)21(8,9)10/h11,13-14,22H,1,12H2,2-10H3. The summed E-state index contributed by atoms with van der Waals surface area (Å²) in [5.41, 5.74) is 2.24. The summed E-state index contributed by atoms with van der Waals surface area (Å²) in [4.78, 5) is 0.419. The lowest BCUT2D eigenvalue weighted by atomic mass is 9.75. The van der Waals surface area contributed by atoms with Gasteiger partial charge in [0.05, 0.1) is 4.90 Å². The number of sulfonamides is 1. The molecule has 142 valence electrons. The van der Waals surface area contributed by atoms with E-state index in [1.54, 1.807) is 6.08 Å². The normalized spacial score (nSPS) is 13.8. The van der Waals surface area contributed by atoms with Crippen LogP contribution in [0.25, 0.3) is 0 Å². The summed E-state index contributed by atoms with van der Waals surface area (Å²) in [6.45, 7) is 22.7. The molecule has 25 heavy (non-hydrogen) atoms. The number of rotatable bonds is 4. The van der Waals surface area contributed by atoms with Gasteiger partial charge in [-0.2, -0.15) is 0 Å². The molecule has 0 unspecified atom stereocenters. The van der Waals surface area contributed by atoms with Gasteiger partial charge in [0.15, 0.2) is 0 Å². The van der Waals surface area contributed by atoms with E-state index in [0.717, 1.165) is 16.7 Å². The van der Waals surface area contributed by atoms with Gasteiger partial charge in [0, 0.05) is 6.54 Å². The second-order valence-corrected chi connectivity index (χ2v) is 11.5. The molecule has 3 nitrogen and oxygen atoms in total. The van der Waals surface area contributed by atoms with Gasteiger partial charge in [0.2, 0.25) is 10.0 Å². The summed E-state index contributed by atoms with van der Waals surface area (Å²) in [5, 5.41) is 0. The highest BCUT2D eigenvalue weighted by Gasteiger charge is 2.34. The summed E-state index contributed by atoms with van der Waals surface area (Å²) in [5.74, 6) is 0. The lowest BCUT2D eigenvalue weighted by Crippen LogP contribution is -2.32. The Morgan fingerprint density at radius 2 is 1.28 bits per heavy atom. The van der Waals surface area contributed by atoms with E-state index in [1.165, 1.54) is 0 Å². The molecule has 0 aromatic heterocycles. The van der Waals surface area contributed by atoms with Crippen molar-refractivity contribution < 1.29 is 8.42 Å². The SMILES string of the molecule is C=CCNS(=O)(=O)c1c(C(C)(C)C)cc(C(C)(C)C)cc1C(C)(C)C. The van der Waals surface area contributed by atoms with Crippen molar-refractivity contribution in [2.75, 3.05) is 6.54 Å². The van der Waals surface area contributed by atoms with Crippen molar-refractivity contribution in [3.63, 3.8) is 0 Å². The molecular weight excluding hydrogens is 330 g/mol. The van der Waals surface area contributed by atoms with Crippen LogP contribution in [0.5, 0.6) is 0 Å². The first kappa shape index (κ1) is 21.9. The predicted molar refractivity (Wildman–Crippen MR) is 108 cm³/mol. The minimum atomic E-state index is -3.63. The summed E-state index contributed by atoms with van der Waals surface area (Å²) < 4.78 is 28.9. The monoisotopic (exact) mass is 365 g/mol. The first-order valence-corrected chi connectivity index (χ1v) is 10.3. The number of nitrogens with one attached hydrogen (secondary N) is 1. The zero-order chi connectivity index (χ0) is 19.8. The molecule has 0 saturated heterocycles. The third-order valence-corrected chi connectivity index (χ3v) is 5.78. The third-order valence-electron chi connectivity index (χ3n) is 4.26. The molecular formula is C21H35NO2S. The molecule has 0 atom stereocenters. The largest absolute Gasteiger partial charge is 0.241 e. The molecule has 1 N–H and O–H groups in total. The maximum atomic E-state index is 13.1. The Kier molecular flexibility index (Phi) is 6.03. The molecule has 1 aromatic rings. The van der Waals surface area contributed by atoms with E-state index in [0.29, 0.717) is 4.90 Å². The van der Waals surface area contributed by atoms with Crippen LogP contribution in [0.15, 0.2) is 29.7 Å². The molecule has 0 aliphatic rings. The minimum Gasteiger partial charge on any atom is -0.207 e. The first-order chi connectivity index (χ1) is 11.0. The average Bonchev–Trinajstić information content (AvgIpc) is 2.41. The zero-order valence-corrected chi connectivity index (χ0v) is 18.2. The Balaban J connectivity index is 3.99. The number of benzene rings is 1. The average molecular weight is 366 g/mol. The molecule has 1 rings (SSSR count). The van der Waals surface area contributed by atoms with Crippen LogP contribution in [0.4, 0.5) is 0 Å². The predicted octanol–water partition coefficient (Wildman–Crippen LogP) is 5.04. The molecule has 0 spiro atoms. The van der Waals surface area contributed by atoms with Crippen LogP contribution >= 0.6 is 0 Å². The van der Waals surface area contributed by atoms with Gasteiger partial charge in [-0.15, -0.1) is 6.58 Å². The Bertz CT molecular complexity index is 705. The fourth-order valence-corrected chi connectivity index (χ4v) is 4.50. The maximum absolute atomic E-state index is 13.1. The highest BCUT2D eigenvalue weighted by atomic mass is 32.2. The Morgan fingerprint density at radius 1 is 0.880 bits per heavy atom. The molecule has 0 bridgehead atoms. The zero-order valence-electron chi connectivity index (χ0n) is 17.4. The van der Waals surface area contributed by atoms with Crippen LogP contribution in [-0.4, -0.2) is 15.0 Å². The number of hydrogen-bond donors (Lipinski definition) is 1. The van der Waals surface area contributed by atoms with Crippen LogP contribution in [0.1, 0.15) is 79.0 Å². The van der Waals surface area contributed by atoms with E-state index in [4.69, 9.17) is 0 Å². The van der Waals surface area contributed by atoms with E-state index in [1.807, 2.05) is 0 Å². The Hall–Kier alpha value is -1.13. The van der Waals surface area contributed by atoms with E-state index < -0.39 is 10.0 Å². The lowest BCUT2D eigenvalue weighted by molar-refractivity contribution is 0.516. The van der Waals surface area contributed by atoms with Gasteiger partial charge in [-0.3, -0.25) is 0 Å². The van der Waals surface area contributed by atoms with E-state index in [2.05, 4.69) is 85.7 Å². The molecule has 0 radical (unpaired) electrons. The molecule has 4 heteroatoms. The van der Waals surface area contributed by atoms with Gasteiger partial charge in [0.25, 0.3) is 0 Å². The van der Waals surface area contributed by atoms with Gasteiger partial charge in [-0.05, 0) is 32.9 Å². The fraction of sp³-hybridized carbons (Fsp3) is 0.619. The van der Waals surface area contributed by atoms with Crippen LogP contribution in [0, 0.1) is 0 Å². The topological polar surface area (TPSA) is 46.2 Å². The van der Waals surface area contributed by atoms with Crippen molar-refractivity contribution in [2.24, 2.45) is 0 Å². The quantitative estimate of drug-likeness (QED) is 0.760. The van der Waals surface area contributed by atoms with Crippen molar-refractivity contribution >= 4 is 10.0 Å². The third kappa shape index (κ3) is 5.18.